The fourth-order valence-corrected chi connectivity index (χ4v) is 4.16. The van der Waals surface area contributed by atoms with Gasteiger partial charge in [0, 0.05) is 25.1 Å². The monoisotopic (exact) mass is 357 g/mol. The molecule has 3 rings (SSSR count). The van der Waals surface area contributed by atoms with Gasteiger partial charge >= 0.3 is 0 Å². The molecule has 0 radical (unpaired) electrons. The predicted octanol–water partition coefficient (Wildman–Crippen LogP) is 3.37. The number of hydrogen-bond donors (Lipinski definition) is 1. The number of fused-ring (bicyclic) bond motifs is 1. The SMILES string of the molecule is CCCSc1nc(=O)c2c(n1C)NC(=O)CC2c1ccc(C)cc1C. The Morgan fingerprint density at radius 1 is 1.32 bits per heavy atom. The van der Waals surface area contributed by atoms with Gasteiger partial charge in [-0.15, -0.1) is 0 Å². The highest BCUT2D eigenvalue weighted by Crippen LogP contribution is 2.37. The van der Waals surface area contributed by atoms with E-state index in [9.17, 15) is 9.59 Å². The number of amides is 1. The normalized spacial score (nSPS) is 16.5. The van der Waals surface area contributed by atoms with Crippen molar-refractivity contribution in [2.24, 2.45) is 7.05 Å². The van der Waals surface area contributed by atoms with Crippen molar-refractivity contribution in [3.63, 3.8) is 0 Å². The Kier molecular flexibility index (Phi) is 4.99. The fraction of sp³-hybridized carbons (Fsp3) is 0.421. The minimum Gasteiger partial charge on any atom is -0.312 e. The van der Waals surface area contributed by atoms with Crippen LogP contribution < -0.4 is 10.9 Å². The van der Waals surface area contributed by atoms with Crippen LogP contribution in [-0.4, -0.2) is 21.2 Å². The van der Waals surface area contributed by atoms with Crippen LogP contribution in [0, 0.1) is 13.8 Å². The molecule has 0 saturated carbocycles. The number of carbonyl (C=O) groups excluding carboxylic acids is 1. The molecule has 0 fully saturated rings. The first-order chi connectivity index (χ1) is 11.9. The van der Waals surface area contributed by atoms with Crippen molar-refractivity contribution in [2.75, 3.05) is 11.1 Å². The summed E-state index contributed by atoms with van der Waals surface area (Å²) in [5.41, 5.74) is 3.64. The Morgan fingerprint density at radius 2 is 2.08 bits per heavy atom. The molecular formula is C19H23N3O2S. The average molecular weight is 357 g/mol. The van der Waals surface area contributed by atoms with Gasteiger partial charge in [-0.3, -0.25) is 9.59 Å². The van der Waals surface area contributed by atoms with Crippen molar-refractivity contribution in [3.8, 4) is 0 Å². The summed E-state index contributed by atoms with van der Waals surface area (Å²) in [6, 6.07) is 6.14. The molecule has 0 bridgehead atoms. The van der Waals surface area contributed by atoms with Crippen LogP contribution in [-0.2, 0) is 11.8 Å². The molecule has 5 nitrogen and oxygen atoms in total. The second kappa shape index (κ2) is 7.04. The zero-order valence-electron chi connectivity index (χ0n) is 15.0. The lowest BCUT2D eigenvalue weighted by Crippen LogP contribution is -2.33. The van der Waals surface area contributed by atoms with Crippen molar-refractivity contribution in [1.29, 1.82) is 0 Å². The Bertz CT molecular complexity index is 889. The molecule has 1 unspecified atom stereocenters. The molecule has 1 amide bonds. The van der Waals surface area contributed by atoms with Gasteiger partial charge in [0.1, 0.15) is 5.82 Å². The fourth-order valence-electron chi connectivity index (χ4n) is 3.34. The Hall–Kier alpha value is -2.08. The summed E-state index contributed by atoms with van der Waals surface area (Å²) in [7, 11) is 1.86. The third-order valence-electron chi connectivity index (χ3n) is 4.54. The van der Waals surface area contributed by atoms with Crippen LogP contribution in [0.3, 0.4) is 0 Å². The Balaban J connectivity index is 2.16. The second-order valence-corrected chi connectivity index (χ2v) is 7.60. The van der Waals surface area contributed by atoms with E-state index >= 15 is 0 Å². The smallest absolute Gasteiger partial charge is 0.279 e. The number of carbonyl (C=O) groups is 1. The first kappa shape index (κ1) is 17.7. The van der Waals surface area contributed by atoms with E-state index < -0.39 is 0 Å². The Morgan fingerprint density at radius 3 is 2.76 bits per heavy atom. The lowest BCUT2D eigenvalue weighted by molar-refractivity contribution is -0.116. The minimum atomic E-state index is -0.249. The standard InChI is InChI=1S/C19H23N3O2S/c1-5-8-25-19-21-18(24)16-14(10-15(23)20-17(16)22(19)4)13-7-6-11(2)9-12(13)3/h6-7,9,14H,5,8,10H2,1-4H3,(H,20,23). The van der Waals surface area contributed by atoms with Crippen LogP contribution in [0.25, 0.3) is 0 Å². The van der Waals surface area contributed by atoms with Gasteiger partial charge < -0.3 is 9.88 Å². The maximum atomic E-state index is 12.8. The van der Waals surface area contributed by atoms with Gasteiger partial charge in [0.05, 0.1) is 5.56 Å². The highest BCUT2D eigenvalue weighted by molar-refractivity contribution is 7.99. The maximum Gasteiger partial charge on any atom is 0.279 e. The molecule has 0 aliphatic carbocycles. The summed E-state index contributed by atoms with van der Waals surface area (Å²) in [5, 5.41) is 3.53. The first-order valence-corrected chi connectivity index (χ1v) is 9.51. The predicted molar refractivity (Wildman–Crippen MR) is 101 cm³/mol. The molecule has 1 aromatic heterocycles. The zero-order chi connectivity index (χ0) is 18.1. The molecule has 0 spiro atoms. The van der Waals surface area contributed by atoms with Crippen LogP contribution in [0.4, 0.5) is 5.82 Å². The van der Waals surface area contributed by atoms with Crippen molar-refractivity contribution in [1.82, 2.24) is 9.55 Å². The molecule has 2 aromatic rings. The van der Waals surface area contributed by atoms with Gasteiger partial charge in [0.15, 0.2) is 5.16 Å². The summed E-state index contributed by atoms with van der Waals surface area (Å²) in [5.74, 6) is 1.15. The van der Waals surface area contributed by atoms with Gasteiger partial charge in [0.25, 0.3) is 5.56 Å². The number of nitrogens with zero attached hydrogens (tertiary/aromatic N) is 2. The summed E-state index contributed by atoms with van der Waals surface area (Å²) in [4.78, 5) is 29.4. The molecule has 1 N–H and O–H groups in total. The number of rotatable bonds is 4. The van der Waals surface area contributed by atoms with E-state index in [2.05, 4.69) is 23.3 Å². The summed E-state index contributed by atoms with van der Waals surface area (Å²) < 4.78 is 1.84. The quantitative estimate of drug-likeness (QED) is 0.673. The lowest BCUT2D eigenvalue weighted by atomic mass is 9.84. The lowest BCUT2D eigenvalue weighted by Gasteiger charge is -2.28. The van der Waals surface area contributed by atoms with Crippen LogP contribution in [0.15, 0.2) is 28.2 Å². The number of aromatic nitrogens is 2. The molecule has 25 heavy (non-hydrogen) atoms. The van der Waals surface area contributed by atoms with Crippen LogP contribution >= 0.6 is 11.8 Å². The highest BCUT2D eigenvalue weighted by atomic mass is 32.2. The van der Waals surface area contributed by atoms with Crippen molar-refractivity contribution >= 4 is 23.5 Å². The van der Waals surface area contributed by atoms with Crippen molar-refractivity contribution in [2.45, 2.75) is 44.7 Å². The molecular weight excluding hydrogens is 334 g/mol. The van der Waals surface area contributed by atoms with Crippen LogP contribution in [0.1, 0.15) is 47.9 Å². The Labute approximate surface area is 151 Å². The molecule has 1 aliphatic rings. The largest absolute Gasteiger partial charge is 0.312 e. The van der Waals surface area contributed by atoms with E-state index in [1.165, 1.54) is 17.3 Å². The molecule has 0 saturated heterocycles. The molecule has 132 valence electrons. The van der Waals surface area contributed by atoms with E-state index in [4.69, 9.17) is 0 Å². The number of thioether (sulfide) groups is 1. The molecule has 1 atom stereocenters. The highest BCUT2D eigenvalue weighted by Gasteiger charge is 2.32. The number of anilines is 1. The van der Waals surface area contributed by atoms with Crippen molar-refractivity contribution < 1.29 is 4.79 Å². The summed E-state index contributed by atoms with van der Waals surface area (Å²) in [6.45, 7) is 6.15. The van der Waals surface area contributed by atoms with Gasteiger partial charge in [-0.2, -0.15) is 4.98 Å². The topological polar surface area (TPSA) is 64.0 Å². The summed E-state index contributed by atoms with van der Waals surface area (Å²) >= 11 is 1.54. The van der Waals surface area contributed by atoms with E-state index in [0.29, 0.717) is 16.5 Å². The third kappa shape index (κ3) is 3.35. The number of benzene rings is 1. The van der Waals surface area contributed by atoms with Gasteiger partial charge in [-0.05, 0) is 31.4 Å². The number of hydrogen-bond acceptors (Lipinski definition) is 4. The molecule has 6 heteroatoms. The van der Waals surface area contributed by atoms with E-state index in [0.717, 1.165) is 23.3 Å². The van der Waals surface area contributed by atoms with Gasteiger partial charge in [-0.25, -0.2) is 0 Å². The van der Waals surface area contributed by atoms with E-state index in [1.54, 1.807) is 0 Å². The average Bonchev–Trinajstić information content (AvgIpc) is 2.56. The molecule has 1 aliphatic heterocycles. The minimum absolute atomic E-state index is 0.0647. The van der Waals surface area contributed by atoms with Crippen LogP contribution in [0.5, 0.6) is 0 Å². The summed E-state index contributed by atoms with van der Waals surface area (Å²) in [6.07, 6.45) is 1.27. The number of aryl methyl sites for hydroxylation is 2. The second-order valence-electron chi connectivity index (χ2n) is 6.53. The van der Waals surface area contributed by atoms with Gasteiger partial charge in [0.2, 0.25) is 5.91 Å². The maximum absolute atomic E-state index is 12.8. The van der Waals surface area contributed by atoms with Gasteiger partial charge in [-0.1, -0.05) is 42.4 Å². The van der Waals surface area contributed by atoms with E-state index in [1.807, 2.05) is 37.6 Å². The van der Waals surface area contributed by atoms with Crippen LogP contribution in [0.2, 0.25) is 0 Å². The number of nitrogens with one attached hydrogen (secondary N) is 1. The molecule has 1 aromatic carbocycles. The third-order valence-corrected chi connectivity index (χ3v) is 5.77. The van der Waals surface area contributed by atoms with E-state index in [-0.39, 0.29) is 23.8 Å². The zero-order valence-corrected chi connectivity index (χ0v) is 15.9. The molecule has 2 heterocycles. The first-order valence-electron chi connectivity index (χ1n) is 8.53. The van der Waals surface area contributed by atoms with Crippen molar-refractivity contribution in [3.05, 3.63) is 50.8 Å².